The standard InChI is InChI=1S/C12H14ClNO/c13-10-3-1-2-9-8-15-12(11(9)10)4-6-14-7-5-12/h1-3,14H,4-8H2. The van der Waals surface area contributed by atoms with Crippen LogP contribution in [0.15, 0.2) is 18.2 Å². The fourth-order valence-corrected chi connectivity index (χ4v) is 3.08. The van der Waals surface area contributed by atoms with E-state index in [-0.39, 0.29) is 5.60 Å². The molecule has 3 rings (SSSR count). The van der Waals surface area contributed by atoms with E-state index in [4.69, 9.17) is 16.3 Å². The molecular weight excluding hydrogens is 210 g/mol. The van der Waals surface area contributed by atoms with Crippen LogP contribution in [-0.2, 0) is 16.9 Å². The average Bonchev–Trinajstić information content (AvgIpc) is 2.60. The van der Waals surface area contributed by atoms with Crippen molar-refractivity contribution in [3.63, 3.8) is 0 Å². The smallest absolute Gasteiger partial charge is 0.0977 e. The molecule has 2 nitrogen and oxygen atoms in total. The van der Waals surface area contributed by atoms with Gasteiger partial charge in [-0.1, -0.05) is 23.7 Å². The number of ether oxygens (including phenoxy) is 1. The second kappa shape index (κ2) is 3.48. The number of hydrogen-bond donors (Lipinski definition) is 1. The van der Waals surface area contributed by atoms with Gasteiger partial charge in [-0.25, -0.2) is 0 Å². The maximum atomic E-state index is 6.29. The summed E-state index contributed by atoms with van der Waals surface area (Å²) in [6.07, 6.45) is 2.06. The Morgan fingerprint density at radius 3 is 2.87 bits per heavy atom. The van der Waals surface area contributed by atoms with Crippen molar-refractivity contribution in [1.82, 2.24) is 5.32 Å². The third-order valence-corrected chi connectivity index (χ3v) is 3.79. The molecule has 15 heavy (non-hydrogen) atoms. The van der Waals surface area contributed by atoms with Crippen molar-refractivity contribution in [2.24, 2.45) is 0 Å². The Morgan fingerprint density at radius 2 is 2.07 bits per heavy atom. The molecule has 0 aromatic heterocycles. The molecule has 3 heteroatoms. The minimum absolute atomic E-state index is 0.0983. The van der Waals surface area contributed by atoms with Crippen LogP contribution >= 0.6 is 11.6 Å². The molecule has 0 unspecified atom stereocenters. The van der Waals surface area contributed by atoms with E-state index < -0.39 is 0 Å². The summed E-state index contributed by atoms with van der Waals surface area (Å²) < 4.78 is 6.01. The maximum absolute atomic E-state index is 6.29. The number of rotatable bonds is 0. The molecule has 0 aliphatic carbocycles. The van der Waals surface area contributed by atoms with Crippen molar-refractivity contribution < 1.29 is 4.74 Å². The quantitative estimate of drug-likeness (QED) is 0.730. The third kappa shape index (κ3) is 1.40. The molecule has 2 aliphatic rings. The molecule has 0 radical (unpaired) electrons. The van der Waals surface area contributed by atoms with Gasteiger partial charge in [0.1, 0.15) is 0 Å². The summed E-state index contributed by atoms with van der Waals surface area (Å²) in [6, 6.07) is 6.10. The Balaban J connectivity index is 2.09. The summed E-state index contributed by atoms with van der Waals surface area (Å²) >= 11 is 6.29. The molecule has 2 aliphatic heterocycles. The van der Waals surface area contributed by atoms with Gasteiger partial charge in [0.15, 0.2) is 0 Å². The van der Waals surface area contributed by atoms with E-state index in [1.165, 1.54) is 11.1 Å². The van der Waals surface area contributed by atoms with Gasteiger partial charge < -0.3 is 10.1 Å². The predicted octanol–water partition coefficient (Wildman–Crippen LogP) is 2.45. The van der Waals surface area contributed by atoms with E-state index in [9.17, 15) is 0 Å². The Morgan fingerprint density at radius 1 is 1.27 bits per heavy atom. The predicted molar refractivity (Wildman–Crippen MR) is 60.0 cm³/mol. The second-order valence-corrected chi connectivity index (χ2v) is 4.71. The van der Waals surface area contributed by atoms with Crippen LogP contribution in [0.2, 0.25) is 5.02 Å². The van der Waals surface area contributed by atoms with E-state index in [1.54, 1.807) is 0 Å². The first kappa shape index (κ1) is 9.64. The number of piperidine rings is 1. The maximum Gasteiger partial charge on any atom is 0.0977 e. The molecule has 0 atom stereocenters. The van der Waals surface area contributed by atoms with E-state index in [0.717, 1.165) is 37.6 Å². The van der Waals surface area contributed by atoms with Crippen molar-refractivity contribution in [2.75, 3.05) is 13.1 Å². The van der Waals surface area contributed by atoms with Crippen LogP contribution < -0.4 is 5.32 Å². The van der Waals surface area contributed by atoms with E-state index in [0.29, 0.717) is 0 Å². The van der Waals surface area contributed by atoms with Gasteiger partial charge in [-0.3, -0.25) is 0 Å². The third-order valence-electron chi connectivity index (χ3n) is 3.47. The van der Waals surface area contributed by atoms with Crippen molar-refractivity contribution in [2.45, 2.75) is 25.0 Å². The van der Waals surface area contributed by atoms with Crippen LogP contribution in [0.1, 0.15) is 24.0 Å². The highest BCUT2D eigenvalue weighted by Gasteiger charge is 2.42. The monoisotopic (exact) mass is 223 g/mol. The Kier molecular flexibility index (Phi) is 2.23. The zero-order valence-corrected chi connectivity index (χ0v) is 9.31. The summed E-state index contributed by atoms with van der Waals surface area (Å²) in [6.45, 7) is 2.76. The first-order valence-corrected chi connectivity index (χ1v) is 5.82. The van der Waals surface area contributed by atoms with E-state index >= 15 is 0 Å². The number of benzene rings is 1. The number of fused-ring (bicyclic) bond motifs is 2. The molecule has 1 fully saturated rings. The summed E-state index contributed by atoms with van der Waals surface area (Å²) in [4.78, 5) is 0. The van der Waals surface area contributed by atoms with E-state index in [1.807, 2.05) is 12.1 Å². The first-order chi connectivity index (χ1) is 7.32. The van der Waals surface area contributed by atoms with Crippen LogP contribution in [0, 0.1) is 0 Å². The summed E-state index contributed by atoms with van der Waals surface area (Å²) in [5, 5.41) is 4.23. The fourth-order valence-electron chi connectivity index (χ4n) is 2.71. The Labute approximate surface area is 94.6 Å². The van der Waals surface area contributed by atoms with Gasteiger partial charge in [-0.15, -0.1) is 0 Å². The molecule has 0 bridgehead atoms. The molecule has 0 saturated carbocycles. The van der Waals surface area contributed by atoms with Crippen molar-refractivity contribution in [3.8, 4) is 0 Å². The van der Waals surface area contributed by atoms with Gasteiger partial charge >= 0.3 is 0 Å². The molecule has 1 N–H and O–H groups in total. The molecule has 1 saturated heterocycles. The van der Waals surface area contributed by atoms with Gasteiger partial charge in [0.2, 0.25) is 0 Å². The highest BCUT2D eigenvalue weighted by Crippen LogP contribution is 2.45. The first-order valence-electron chi connectivity index (χ1n) is 5.44. The number of halogens is 1. The largest absolute Gasteiger partial charge is 0.365 e. The van der Waals surface area contributed by atoms with Crippen LogP contribution in [0.4, 0.5) is 0 Å². The summed E-state index contributed by atoms with van der Waals surface area (Å²) in [7, 11) is 0. The van der Waals surface area contributed by atoms with Gasteiger partial charge in [0, 0.05) is 10.6 Å². The van der Waals surface area contributed by atoms with E-state index in [2.05, 4.69) is 11.4 Å². The molecule has 1 aromatic rings. The lowest BCUT2D eigenvalue weighted by molar-refractivity contribution is -0.0589. The lowest BCUT2D eigenvalue weighted by Crippen LogP contribution is -2.39. The zero-order chi connectivity index (χ0) is 10.3. The Bertz CT molecular complexity index is 380. The van der Waals surface area contributed by atoms with Crippen LogP contribution in [-0.4, -0.2) is 13.1 Å². The topological polar surface area (TPSA) is 21.3 Å². The normalized spacial score (nSPS) is 23.0. The molecule has 80 valence electrons. The highest BCUT2D eigenvalue weighted by atomic mass is 35.5. The molecule has 0 amide bonds. The van der Waals surface area contributed by atoms with Crippen LogP contribution in [0.25, 0.3) is 0 Å². The van der Waals surface area contributed by atoms with Crippen LogP contribution in [0.5, 0.6) is 0 Å². The van der Waals surface area contributed by atoms with Crippen molar-refractivity contribution in [3.05, 3.63) is 34.3 Å². The van der Waals surface area contributed by atoms with Gasteiger partial charge in [0.05, 0.1) is 12.2 Å². The number of hydrogen-bond acceptors (Lipinski definition) is 2. The average molecular weight is 224 g/mol. The molecule has 1 spiro atoms. The lowest BCUT2D eigenvalue weighted by Gasteiger charge is -2.34. The Hall–Kier alpha value is -0.570. The van der Waals surface area contributed by atoms with Gasteiger partial charge in [0.25, 0.3) is 0 Å². The number of nitrogens with one attached hydrogen (secondary N) is 1. The molecule has 1 aromatic carbocycles. The molecule has 2 heterocycles. The fraction of sp³-hybridized carbons (Fsp3) is 0.500. The highest BCUT2D eigenvalue weighted by molar-refractivity contribution is 6.31. The second-order valence-electron chi connectivity index (χ2n) is 4.31. The van der Waals surface area contributed by atoms with Gasteiger partial charge in [-0.05, 0) is 37.6 Å². The summed E-state index contributed by atoms with van der Waals surface area (Å²) in [5.74, 6) is 0. The van der Waals surface area contributed by atoms with Gasteiger partial charge in [-0.2, -0.15) is 0 Å². The molecular formula is C12H14ClNO. The SMILES string of the molecule is Clc1cccc2c1C1(CCNCC1)OC2. The zero-order valence-electron chi connectivity index (χ0n) is 8.55. The van der Waals surface area contributed by atoms with Crippen molar-refractivity contribution in [1.29, 1.82) is 0 Å². The minimum Gasteiger partial charge on any atom is -0.365 e. The minimum atomic E-state index is -0.0983. The van der Waals surface area contributed by atoms with Crippen molar-refractivity contribution >= 4 is 11.6 Å². The van der Waals surface area contributed by atoms with Crippen LogP contribution in [0.3, 0.4) is 0 Å². The summed E-state index contributed by atoms with van der Waals surface area (Å²) in [5.41, 5.74) is 2.41. The lowest BCUT2D eigenvalue weighted by atomic mass is 9.84.